The van der Waals surface area contributed by atoms with Gasteiger partial charge in [0.15, 0.2) is 11.6 Å². The number of nitrogens with one attached hydrogen (secondary N) is 1. The lowest BCUT2D eigenvalue weighted by Gasteiger charge is -2.16. The molecule has 4 rings (SSSR count). The van der Waals surface area contributed by atoms with E-state index in [0.717, 1.165) is 16.9 Å². The minimum Gasteiger partial charge on any atom is -0.393 e. The summed E-state index contributed by atoms with van der Waals surface area (Å²) in [5.74, 6) is 1.07. The molecule has 0 unspecified atom stereocenters. The lowest BCUT2D eigenvalue weighted by molar-refractivity contribution is 0.632. The molecule has 0 spiro atoms. The molecular weight excluding hydrogens is 357 g/mol. The van der Waals surface area contributed by atoms with E-state index in [1.54, 1.807) is 6.07 Å². The number of halogens is 1. The van der Waals surface area contributed by atoms with E-state index in [1.165, 1.54) is 12.4 Å². The van der Waals surface area contributed by atoms with Crippen molar-refractivity contribution in [3.63, 3.8) is 0 Å². The summed E-state index contributed by atoms with van der Waals surface area (Å²) in [6.07, 6.45) is 1.35. The summed E-state index contributed by atoms with van der Waals surface area (Å²) >= 11 is 0. The number of aromatic nitrogens is 4. The third-order valence-corrected chi connectivity index (χ3v) is 4.74. The summed E-state index contributed by atoms with van der Waals surface area (Å²) in [6.45, 7) is 1.93. The topological polar surface area (TPSA) is 108 Å². The number of rotatable bonds is 4. The number of nitrogens with two attached hydrogens (primary N) is 2. The van der Waals surface area contributed by atoms with Gasteiger partial charge in [-0.3, -0.25) is 0 Å². The highest BCUT2D eigenvalue weighted by Crippen LogP contribution is 2.33. The van der Waals surface area contributed by atoms with Crippen molar-refractivity contribution in [1.29, 1.82) is 0 Å². The summed E-state index contributed by atoms with van der Waals surface area (Å²) in [5.41, 5.74) is 14.7. The minimum absolute atomic E-state index is 0.211. The number of nitrogens with zero attached hydrogens (tertiary/aromatic N) is 4. The zero-order valence-corrected chi connectivity index (χ0v) is 15.5. The summed E-state index contributed by atoms with van der Waals surface area (Å²) in [6, 6.07) is 12.3. The van der Waals surface area contributed by atoms with E-state index >= 15 is 0 Å². The third kappa shape index (κ3) is 2.88. The lowest BCUT2D eigenvalue weighted by Crippen LogP contribution is -2.15. The lowest BCUT2D eigenvalue weighted by atomic mass is 10.0. The number of benzene rings is 2. The van der Waals surface area contributed by atoms with Crippen LogP contribution in [0.2, 0.25) is 0 Å². The zero-order chi connectivity index (χ0) is 19.8. The van der Waals surface area contributed by atoms with Crippen LogP contribution in [0.3, 0.4) is 0 Å². The molecule has 0 amide bonds. The predicted octanol–water partition coefficient (Wildman–Crippen LogP) is 3.51. The zero-order valence-electron chi connectivity index (χ0n) is 15.5. The molecule has 0 bridgehead atoms. The molecule has 0 saturated carbocycles. The Morgan fingerprint density at radius 2 is 1.82 bits per heavy atom. The quantitative estimate of drug-likeness (QED) is 0.502. The van der Waals surface area contributed by atoms with Gasteiger partial charge in [0, 0.05) is 12.6 Å². The molecule has 5 N–H and O–H groups in total. The Morgan fingerprint density at radius 3 is 2.57 bits per heavy atom. The molecule has 2 heterocycles. The van der Waals surface area contributed by atoms with Gasteiger partial charge in [0.25, 0.3) is 0 Å². The van der Waals surface area contributed by atoms with Crippen LogP contribution < -0.4 is 16.8 Å². The largest absolute Gasteiger partial charge is 0.393 e. The summed E-state index contributed by atoms with van der Waals surface area (Å²) in [4.78, 5) is 12.7. The summed E-state index contributed by atoms with van der Waals surface area (Å²) in [7, 11) is 1.87. The molecule has 1 atom stereocenters. The molecular formula is C20H20FN7. The van der Waals surface area contributed by atoms with Crippen molar-refractivity contribution in [3.8, 4) is 11.1 Å². The van der Waals surface area contributed by atoms with E-state index in [9.17, 15) is 4.39 Å². The Morgan fingerprint density at radius 1 is 1.07 bits per heavy atom. The van der Waals surface area contributed by atoms with E-state index in [0.29, 0.717) is 16.9 Å². The van der Waals surface area contributed by atoms with Gasteiger partial charge in [0.2, 0.25) is 0 Å². The Bertz CT molecular complexity index is 1150. The van der Waals surface area contributed by atoms with Crippen LogP contribution in [0.5, 0.6) is 0 Å². The summed E-state index contributed by atoms with van der Waals surface area (Å²) in [5, 5.41) is 3.21. The van der Waals surface area contributed by atoms with Gasteiger partial charge < -0.3 is 21.4 Å². The average molecular weight is 377 g/mol. The van der Waals surface area contributed by atoms with Gasteiger partial charge >= 0.3 is 0 Å². The van der Waals surface area contributed by atoms with Gasteiger partial charge in [-0.15, -0.1) is 0 Å². The molecule has 2 aromatic carbocycles. The molecule has 0 aliphatic carbocycles. The van der Waals surface area contributed by atoms with Gasteiger partial charge in [0.1, 0.15) is 23.7 Å². The van der Waals surface area contributed by atoms with Crippen molar-refractivity contribution >= 4 is 28.4 Å². The van der Waals surface area contributed by atoms with E-state index in [-0.39, 0.29) is 23.4 Å². The molecule has 7 nitrogen and oxygen atoms in total. The van der Waals surface area contributed by atoms with E-state index < -0.39 is 0 Å². The monoisotopic (exact) mass is 377 g/mol. The number of nitrogen functional groups attached to an aromatic ring is 2. The highest BCUT2D eigenvalue weighted by atomic mass is 19.1. The molecule has 0 aliphatic rings. The average Bonchev–Trinajstić information content (AvgIpc) is 3.03. The van der Waals surface area contributed by atoms with Crippen molar-refractivity contribution < 1.29 is 4.39 Å². The molecule has 0 fully saturated rings. The predicted molar refractivity (Wildman–Crippen MR) is 109 cm³/mol. The molecule has 0 radical (unpaired) electrons. The number of hydrogen-bond donors (Lipinski definition) is 3. The van der Waals surface area contributed by atoms with Gasteiger partial charge in [0.05, 0.1) is 17.1 Å². The highest BCUT2D eigenvalue weighted by molar-refractivity contribution is 5.93. The Hall–Kier alpha value is -3.68. The van der Waals surface area contributed by atoms with Crippen LogP contribution in [0.1, 0.15) is 18.8 Å². The summed E-state index contributed by atoms with van der Waals surface area (Å²) < 4.78 is 16.6. The molecule has 28 heavy (non-hydrogen) atoms. The van der Waals surface area contributed by atoms with Crippen molar-refractivity contribution in [2.75, 3.05) is 16.8 Å². The molecule has 4 aromatic rings. The second-order valence-electron chi connectivity index (χ2n) is 6.57. The van der Waals surface area contributed by atoms with Crippen LogP contribution in [0, 0.1) is 5.82 Å². The Balaban J connectivity index is 1.81. The van der Waals surface area contributed by atoms with E-state index in [4.69, 9.17) is 16.5 Å². The first-order valence-electron chi connectivity index (χ1n) is 8.80. The van der Waals surface area contributed by atoms with Gasteiger partial charge in [-0.25, -0.2) is 19.3 Å². The first kappa shape index (κ1) is 17.7. The number of hydrogen-bond acceptors (Lipinski definition) is 6. The fourth-order valence-corrected chi connectivity index (χ4v) is 3.36. The standard InChI is InChI=1S/C20H20FN7/c1-11(26-19-16(22)18(23)24-10-25-19)20-27-14-9-8-13(21)15(17(14)28(20)2)12-6-4-3-5-7-12/h3-11H,22H2,1-2H3,(H3,23,24,25,26)/t11-/m0/s1. The minimum atomic E-state index is -0.290. The first-order chi connectivity index (χ1) is 13.5. The maximum Gasteiger partial charge on any atom is 0.155 e. The fourth-order valence-electron chi connectivity index (χ4n) is 3.36. The van der Waals surface area contributed by atoms with Gasteiger partial charge in [-0.2, -0.15) is 0 Å². The molecule has 2 aromatic heterocycles. The normalized spacial score (nSPS) is 12.2. The molecule has 8 heteroatoms. The molecule has 0 saturated heterocycles. The third-order valence-electron chi connectivity index (χ3n) is 4.74. The van der Waals surface area contributed by atoms with Crippen molar-refractivity contribution in [1.82, 2.24) is 19.5 Å². The SMILES string of the molecule is C[C@H](Nc1ncnc(N)c1N)c1nc2ccc(F)c(-c3ccccc3)c2n1C. The maximum absolute atomic E-state index is 14.7. The number of imidazole rings is 1. The maximum atomic E-state index is 14.7. The van der Waals surface area contributed by atoms with Crippen LogP contribution in [0.4, 0.5) is 21.7 Å². The molecule has 0 aliphatic heterocycles. The Labute approximate surface area is 161 Å². The smallest absolute Gasteiger partial charge is 0.155 e. The number of aryl methyl sites for hydroxylation is 1. The van der Waals surface area contributed by atoms with Crippen LogP contribution in [0.15, 0.2) is 48.8 Å². The second-order valence-corrected chi connectivity index (χ2v) is 6.57. The molecule has 142 valence electrons. The van der Waals surface area contributed by atoms with E-state index in [1.807, 2.05) is 48.9 Å². The van der Waals surface area contributed by atoms with Crippen LogP contribution >= 0.6 is 0 Å². The van der Waals surface area contributed by atoms with Crippen molar-refractivity contribution in [2.45, 2.75) is 13.0 Å². The van der Waals surface area contributed by atoms with E-state index in [2.05, 4.69) is 15.3 Å². The number of fused-ring (bicyclic) bond motifs is 1. The van der Waals surface area contributed by atoms with Gasteiger partial charge in [-0.05, 0) is 24.6 Å². The number of anilines is 3. The van der Waals surface area contributed by atoms with Crippen molar-refractivity contribution in [3.05, 3.63) is 60.4 Å². The van der Waals surface area contributed by atoms with Crippen molar-refractivity contribution in [2.24, 2.45) is 7.05 Å². The highest BCUT2D eigenvalue weighted by Gasteiger charge is 2.20. The second kappa shape index (κ2) is 6.80. The van der Waals surface area contributed by atoms with Crippen LogP contribution in [0.25, 0.3) is 22.2 Å². The Kier molecular flexibility index (Phi) is 4.31. The van der Waals surface area contributed by atoms with Gasteiger partial charge in [-0.1, -0.05) is 30.3 Å². The van der Waals surface area contributed by atoms with Crippen LogP contribution in [-0.2, 0) is 7.05 Å². The van der Waals surface area contributed by atoms with Crippen LogP contribution in [-0.4, -0.2) is 19.5 Å². The fraction of sp³-hybridized carbons (Fsp3) is 0.150. The first-order valence-corrected chi connectivity index (χ1v) is 8.80.